The molecule has 19 heavy (non-hydrogen) atoms. The number of ketones is 3. The van der Waals surface area contributed by atoms with Gasteiger partial charge in [0.15, 0.2) is 5.78 Å². The Morgan fingerprint density at radius 1 is 1.16 bits per heavy atom. The molecule has 2 rings (SSSR count). The van der Waals surface area contributed by atoms with E-state index in [-0.39, 0.29) is 17.3 Å². The lowest BCUT2D eigenvalue weighted by Crippen LogP contribution is -2.28. The summed E-state index contributed by atoms with van der Waals surface area (Å²) in [6.07, 6.45) is 4.05. The first kappa shape index (κ1) is 13.4. The van der Waals surface area contributed by atoms with Crippen molar-refractivity contribution >= 4 is 17.3 Å². The summed E-state index contributed by atoms with van der Waals surface area (Å²) in [7, 11) is 0. The van der Waals surface area contributed by atoms with Crippen LogP contribution in [0.4, 0.5) is 0 Å². The maximum absolute atomic E-state index is 11.8. The summed E-state index contributed by atoms with van der Waals surface area (Å²) in [5, 5.41) is 0. The number of rotatable bonds is 4. The minimum absolute atomic E-state index is 0.0192. The topological polar surface area (TPSA) is 51.2 Å². The summed E-state index contributed by atoms with van der Waals surface area (Å²) in [5.41, 5.74) is -0.319. The van der Waals surface area contributed by atoms with Crippen molar-refractivity contribution in [2.75, 3.05) is 0 Å². The fourth-order valence-electron chi connectivity index (χ4n) is 2.26. The third-order valence-electron chi connectivity index (χ3n) is 3.66. The maximum atomic E-state index is 11.8. The van der Waals surface area contributed by atoms with Crippen LogP contribution in [0.1, 0.15) is 36.5 Å². The lowest BCUT2D eigenvalue weighted by atomic mass is 9.83. The first-order valence-corrected chi connectivity index (χ1v) is 6.36. The maximum Gasteiger partial charge on any atom is 0.185 e. The zero-order valence-electron chi connectivity index (χ0n) is 10.9. The van der Waals surface area contributed by atoms with Crippen LogP contribution in [0.15, 0.2) is 42.5 Å². The minimum atomic E-state index is -0.923. The molecule has 0 unspecified atom stereocenters. The summed E-state index contributed by atoms with van der Waals surface area (Å²) in [6, 6.07) is 8.91. The Kier molecular flexibility index (Phi) is 3.74. The number of carbonyl (C=O) groups is 3. The molecular formula is C16H16O3. The van der Waals surface area contributed by atoms with E-state index < -0.39 is 5.41 Å². The van der Waals surface area contributed by atoms with Crippen LogP contribution in [-0.2, 0) is 9.59 Å². The van der Waals surface area contributed by atoms with Crippen molar-refractivity contribution in [1.82, 2.24) is 0 Å². The van der Waals surface area contributed by atoms with Crippen LogP contribution in [-0.4, -0.2) is 17.3 Å². The molecule has 0 amide bonds. The molecule has 0 heterocycles. The number of Topliss-reactive ketones (excluding diaryl/α,β-unsaturated/α-hetero) is 2. The molecule has 0 N–H and O–H groups in total. The van der Waals surface area contributed by atoms with Gasteiger partial charge in [-0.1, -0.05) is 36.4 Å². The van der Waals surface area contributed by atoms with Crippen LogP contribution >= 0.6 is 0 Å². The Hall–Kier alpha value is -2.03. The predicted octanol–water partition coefficient (Wildman–Crippen LogP) is 2.75. The van der Waals surface area contributed by atoms with Crippen LogP contribution in [0.25, 0.3) is 0 Å². The third-order valence-corrected chi connectivity index (χ3v) is 3.66. The van der Waals surface area contributed by atoms with E-state index in [1.165, 1.54) is 6.08 Å². The predicted molar refractivity (Wildman–Crippen MR) is 71.9 cm³/mol. The van der Waals surface area contributed by atoms with Gasteiger partial charge in [-0.2, -0.15) is 0 Å². The molecule has 0 atom stereocenters. The summed E-state index contributed by atoms with van der Waals surface area (Å²) in [4.78, 5) is 35.3. The smallest absolute Gasteiger partial charge is 0.185 e. The number of hydrogen-bond acceptors (Lipinski definition) is 3. The molecule has 0 bridgehead atoms. The summed E-state index contributed by atoms with van der Waals surface area (Å²) in [6.45, 7) is 1.67. The molecule has 0 saturated heterocycles. The second kappa shape index (κ2) is 5.31. The van der Waals surface area contributed by atoms with Crippen LogP contribution in [0.5, 0.6) is 0 Å². The monoisotopic (exact) mass is 256 g/mol. The molecule has 98 valence electrons. The van der Waals surface area contributed by atoms with Gasteiger partial charge in [0.05, 0.1) is 5.41 Å². The Balaban J connectivity index is 2.03. The fourth-order valence-corrected chi connectivity index (χ4v) is 2.26. The Morgan fingerprint density at radius 3 is 2.32 bits per heavy atom. The molecule has 3 nitrogen and oxygen atoms in total. The van der Waals surface area contributed by atoms with E-state index in [1.807, 2.05) is 6.07 Å². The molecule has 1 fully saturated rings. The summed E-state index contributed by atoms with van der Waals surface area (Å²) in [5.74, 6) is -0.147. The Morgan fingerprint density at radius 2 is 1.74 bits per heavy atom. The zero-order valence-corrected chi connectivity index (χ0v) is 10.9. The highest BCUT2D eigenvalue weighted by atomic mass is 16.2. The highest BCUT2D eigenvalue weighted by Gasteiger charge is 2.43. The van der Waals surface area contributed by atoms with Gasteiger partial charge in [0.2, 0.25) is 0 Å². The SMILES string of the molecule is CC1(C/C=C/C(=O)c2ccccc2)C(=O)CCC1=O. The largest absolute Gasteiger partial charge is 0.299 e. The van der Waals surface area contributed by atoms with E-state index in [9.17, 15) is 14.4 Å². The van der Waals surface area contributed by atoms with Crippen molar-refractivity contribution in [3.05, 3.63) is 48.0 Å². The van der Waals surface area contributed by atoms with Gasteiger partial charge in [0.25, 0.3) is 0 Å². The highest BCUT2D eigenvalue weighted by Crippen LogP contribution is 2.34. The second-order valence-electron chi connectivity index (χ2n) is 5.02. The number of carbonyl (C=O) groups excluding carboxylic acids is 3. The summed E-state index contributed by atoms with van der Waals surface area (Å²) >= 11 is 0. The Bertz CT molecular complexity index is 524. The van der Waals surface area contributed by atoms with E-state index in [0.717, 1.165) is 0 Å². The van der Waals surface area contributed by atoms with E-state index in [0.29, 0.717) is 24.8 Å². The van der Waals surface area contributed by atoms with Gasteiger partial charge < -0.3 is 0 Å². The third kappa shape index (κ3) is 2.70. The van der Waals surface area contributed by atoms with Gasteiger partial charge in [-0.25, -0.2) is 0 Å². The molecule has 0 aliphatic heterocycles. The van der Waals surface area contributed by atoms with Gasteiger partial charge in [0, 0.05) is 18.4 Å². The molecular weight excluding hydrogens is 240 g/mol. The van der Waals surface area contributed by atoms with Crippen LogP contribution < -0.4 is 0 Å². The first-order chi connectivity index (χ1) is 9.04. The van der Waals surface area contributed by atoms with E-state index in [2.05, 4.69) is 0 Å². The zero-order chi connectivity index (χ0) is 13.9. The molecule has 1 aromatic carbocycles. The molecule has 1 aromatic rings. The molecule has 1 aliphatic rings. The van der Waals surface area contributed by atoms with Crippen LogP contribution in [0.2, 0.25) is 0 Å². The lowest BCUT2D eigenvalue weighted by molar-refractivity contribution is -0.133. The van der Waals surface area contributed by atoms with E-state index in [4.69, 9.17) is 0 Å². The normalized spacial score (nSPS) is 18.2. The van der Waals surface area contributed by atoms with Gasteiger partial charge in [-0.05, 0) is 19.4 Å². The summed E-state index contributed by atoms with van der Waals surface area (Å²) < 4.78 is 0. The van der Waals surface area contributed by atoms with Gasteiger partial charge >= 0.3 is 0 Å². The van der Waals surface area contributed by atoms with Gasteiger partial charge in [-0.15, -0.1) is 0 Å². The second-order valence-corrected chi connectivity index (χ2v) is 5.02. The molecule has 1 aliphatic carbocycles. The van der Waals surface area contributed by atoms with Crippen molar-refractivity contribution in [3.8, 4) is 0 Å². The van der Waals surface area contributed by atoms with E-state index in [1.54, 1.807) is 37.3 Å². The van der Waals surface area contributed by atoms with Gasteiger partial charge in [-0.3, -0.25) is 14.4 Å². The van der Waals surface area contributed by atoms with Crippen molar-refractivity contribution in [1.29, 1.82) is 0 Å². The number of allylic oxidation sites excluding steroid dienone is 2. The molecule has 1 saturated carbocycles. The van der Waals surface area contributed by atoms with Crippen molar-refractivity contribution in [3.63, 3.8) is 0 Å². The molecule has 0 aromatic heterocycles. The molecule has 0 radical (unpaired) electrons. The van der Waals surface area contributed by atoms with Crippen molar-refractivity contribution in [2.24, 2.45) is 5.41 Å². The quantitative estimate of drug-likeness (QED) is 0.473. The minimum Gasteiger partial charge on any atom is -0.299 e. The highest BCUT2D eigenvalue weighted by molar-refractivity contribution is 6.12. The van der Waals surface area contributed by atoms with Crippen LogP contribution in [0.3, 0.4) is 0 Å². The average Bonchev–Trinajstić information content (AvgIpc) is 2.68. The van der Waals surface area contributed by atoms with Gasteiger partial charge in [0.1, 0.15) is 11.6 Å². The first-order valence-electron chi connectivity index (χ1n) is 6.36. The Labute approximate surface area is 112 Å². The average molecular weight is 256 g/mol. The molecule has 0 spiro atoms. The number of hydrogen-bond donors (Lipinski definition) is 0. The standard InChI is InChI=1S/C16H16O3/c1-16(14(18)9-10-15(16)19)11-5-8-13(17)12-6-3-2-4-7-12/h2-8H,9-11H2,1H3/b8-5+. The van der Waals surface area contributed by atoms with E-state index >= 15 is 0 Å². The number of benzene rings is 1. The van der Waals surface area contributed by atoms with Crippen LogP contribution in [0, 0.1) is 5.41 Å². The van der Waals surface area contributed by atoms with Crippen molar-refractivity contribution in [2.45, 2.75) is 26.2 Å². The fraction of sp³-hybridized carbons (Fsp3) is 0.312. The van der Waals surface area contributed by atoms with Crippen molar-refractivity contribution < 1.29 is 14.4 Å². The molecule has 3 heteroatoms. The lowest BCUT2D eigenvalue weighted by Gasteiger charge is -2.17.